The highest BCUT2D eigenvalue weighted by molar-refractivity contribution is 6.34. The Kier molecular flexibility index (Phi) is 3.43. The maximum atomic E-state index is 12.0. The fraction of sp³-hybridized carbons (Fsp3) is 0.333. The molecule has 2 rings (SSSR count). The second-order valence-electron chi connectivity index (χ2n) is 4.15. The number of hydrogen-bond donors (Lipinski definition) is 1. The first-order valence-electron chi connectivity index (χ1n) is 5.52. The van der Waals surface area contributed by atoms with E-state index in [-0.39, 0.29) is 18.9 Å². The van der Waals surface area contributed by atoms with Gasteiger partial charge in [-0.2, -0.15) is 0 Å². The fourth-order valence-corrected chi connectivity index (χ4v) is 2.30. The molecule has 6 heteroatoms. The molecule has 0 unspecified atom stereocenters. The molecule has 1 aromatic carbocycles. The summed E-state index contributed by atoms with van der Waals surface area (Å²) in [5.41, 5.74) is 1.25. The predicted molar refractivity (Wildman–Crippen MR) is 69.3 cm³/mol. The van der Waals surface area contributed by atoms with E-state index >= 15 is 0 Å². The summed E-state index contributed by atoms with van der Waals surface area (Å²) in [5, 5.41) is 9.29. The number of carbonyl (C=O) groups is 2. The quantitative estimate of drug-likeness (QED) is 0.885. The molecule has 18 heavy (non-hydrogen) atoms. The molecule has 1 amide bonds. The van der Waals surface area contributed by atoms with E-state index in [0.29, 0.717) is 17.3 Å². The molecule has 0 radical (unpaired) electrons. The second kappa shape index (κ2) is 4.86. The first-order chi connectivity index (χ1) is 8.50. The molecule has 0 fully saturated rings. The van der Waals surface area contributed by atoms with Gasteiger partial charge in [-0.25, -0.2) is 0 Å². The number of para-hydroxylation sites is 1. The van der Waals surface area contributed by atoms with Crippen molar-refractivity contribution in [2.24, 2.45) is 0 Å². The van der Waals surface area contributed by atoms with Crippen LogP contribution in [0.1, 0.15) is 6.42 Å². The van der Waals surface area contributed by atoms with Gasteiger partial charge in [0.2, 0.25) is 5.91 Å². The smallest absolute Gasteiger partial charge is 0.323 e. The summed E-state index contributed by atoms with van der Waals surface area (Å²) >= 11 is 6.11. The van der Waals surface area contributed by atoms with Crippen LogP contribution >= 0.6 is 11.6 Å². The van der Waals surface area contributed by atoms with Gasteiger partial charge >= 0.3 is 5.97 Å². The monoisotopic (exact) mass is 268 g/mol. The summed E-state index contributed by atoms with van der Waals surface area (Å²) in [7, 11) is 1.85. The van der Waals surface area contributed by atoms with Crippen LogP contribution in [0.2, 0.25) is 5.02 Å². The molecular weight excluding hydrogens is 256 g/mol. The summed E-state index contributed by atoms with van der Waals surface area (Å²) in [6.45, 7) is 0.172. The third kappa shape index (κ3) is 2.26. The van der Waals surface area contributed by atoms with Crippen molar-refractivity contribution in [3.05, 3.63) is 23.2 Å². The van der Waals surface area contributed by atoms with E-state index in [1.165, 1.54) is 4.90 Å². The summed E-state index contributed by atoms with van der Waals surface area (Å²) in [6, 6.07) is 5.27. The molecule has 1 heterocycles. The van der Waals surface area contributed by atoms with Crippen LogP contribution in [0.3, 0.4) is 0 Å². The van der Waals surface area contributed by atoms with Crippen molar-refractivity contribution in [2.75, 3.05) is 29.9 Å². The maximum Gasteiger partial charge on any atom is 0.323 e. The average molecular weight is 269 g/mol. The number of anilines is 2. The summed E-state index contributed by atoms with van der Waals surface area (Å²) in [4.78, 5) is 26.0. The van der Waals surface area contributed by atoms with Gasteiger partial charge in [-0.3, -0.25) is 14.5 Å². The van der Waals surface area contributed by atoms with Crippen LogP contribution in [0.15, 0.2) is 18.2 Å². The predicted octanol–water partition coefficient (Wildman–Crippen LogP) is 1.60. The third-order valence-corrected chi connectivity index (χ3v) is 3.21. The van der Waals surface area contributed by atoms with Crippen molar-refractivity contribution in [2.45, 2.75) is 6.42 Å². The zero-order valence-electron chi connectivity index (χ0n) is 9.89. The summed E-state index contributed by atoms with van der Waals surface area (Å²) in [6.07, 6.45) is 0.273. The van der Waals surface area contributed by atoms with Crippen LogP contribution in [-0.2, 0) is 9.59 Å². The van der Waals surface area contributed by atoms with Gasteiger partial charge in [0.25, 0.3) is 0 Å². The largest absolute Gasteiger partial charge is 0.480 e. The van der Waals surface area contributed by atoms with E-state index in [1.807, 2.05) is 18.0 Å². The molecule has 1 N–H and O–H groups in total. The van der Waals surface area contributed by atoms with Gasteiger partial charge in [-0.1, -0.05) is 17.7 Å². The molecule has 1 aromatic rings. The number of carboxylic acids is 1. The van der Waals surface area contributed by atoms with Gasteiger partial charge in [0.15, 0.2) is 0 Å². The highest BCUT2D eigenvalue weighted by Gasteiger charge is 2.28. The Morgan fingerprint density at radius 2 is 2.22 bits per heavy atom. The maximum absolute atomic E-state index is 12.0. The Bertz CT molecular complexity index is 504. The molecule has 1 aliphatic heterocycles. The Labute approximate surface area is 110 Å². The molecule has 0 atom stereocenters. The Hall–Kier alpha value is -1.75. The lowest BCUT2D eigenvalue weighted by Gasteiger charge is -2.24. The molecule has 0 spiro atoms. The number of fused-ring (bicyclic) bond motifs is 1. The van der Waals surface area contributed by atoms with Crippen LogP contribution in [0.25, 0.3) is 0 Å². The zero-order valence-corrected chi connectivity index (χ0v) is 10.6. The topological polar surface area (TPSA) is 60.9 Å². The van der Waals surface area contributed by atoms with E-state index in [2.05, 4.69) is 0 Å². The molecule has 0 aromatic heterocycles. The number of rotatable bonds is 2. The number of nitrogens with zero attached hydrogens (tertiary/aromatic N) is 2. The lowest BCUT2D eigenvalue weighted by Crippen LogP contribution is -2.35. The fourth-order valence-electron chi connectivity index (χ4n) is 2.03. The Balaban J connectivity index is 2.55. The van der Waals surface area contributed by atoms with Crippen LogP contribution < -0.4 is 9.80 Å². The van der Waals surface area contributed by atoms with Crippen LogP contribution in [-0.4, -0.2) is 37.1 Å². The average Bonchev–Trinajstić information content (AvgIpc) is 2.42. The number of aliphatic carboxylic acids is 1. The van der Waals surface area contributed by atoms with Crippen molar-refractivity contribution >= 4 is 34.9 Å². The molecule has 96 valence electrons. The number of halogens is 1. The number of carboxylic acid groups (broad SMARTS) is 1. The van der Waals surface area contributed by atoms with E-state index in [1.54, 1.807) is 12.1 Å². The standard InChI is InChI=1S/C12H13ClN2O3/c1-14-6-5-10(16)15(7-11(17)18)12-8(13)3-2-4-9(12)14/h2-4H,5-7H2,1H3,(H,17,18). The van der Waals surface area contributed by atoms with Crippen molar-refractivity contribution in [1.82, 2.24) is 0 Å². The molecule has 0 saturated carbocycles. The normalized spacial score (nSPS) is 15.3. The van der Waals surface area contributed by atoms with Crippen molar-refractivity contribution < 1.29 is 14.7 Å². The minimum atomic E-state index is -1.06. The lowest BCUT2D eigenvalue weighted by atomic mass is 10.2. The summed E-state index contributed by atoms with van der Waals surface area (Å²) in [5.74, 6) is -1.28. The van der Waals surface area contributed by atoms with E-state index < -0.39 is 5.97 Å². The SMILES string of the molecule is CN1CCC(=O)N(CC(=O)O)c2c(Cl)cccc21. The molecule has 0 saturated heterocycles. The van der Waals surface area contributed by atoms with E-state index in [0.717, 1.165) is 5.69 Å². The molecule has 1 aliphatic rings. The van der Waals surface area contributed by atoms with Crippen LogP contribution in [0.5, 0.6) is 0 Å². The van der Waals surface area contributed by atoms with E-state index in [9.17, 15) is 9.59 Å². The van der Waals surface area contributed by atoms with Gasteiger partial charge in [0.05, 0.1) is 16.4 Å². The first kappa shape index (κ1) is 12.7. The minimum absolute atomic E-state index is 0.226. The zero-order chi connectivity index (χ0) is 13.3. The minimum Gasteiger partial charge on any atom is -0.480 e. The summed E-state index contributed by atoms with van der Waals surface area (Å²) < 4.78 is 0. The second-order valence-corrected chi connectivity index (χ2v) is 4.56. The molecular formula is C12H13ClN2O3. The van der Waals surface area contributed by atoms with Crippen LogP contribution in [0.4, 0.5) is 11.4 Å². The molecule has 0 aliphatic carbocycles. The highest BCUT2D eigenvalue weighted by Crippen LogP contribution is 2.37. The first-order valence-corrected chi connectivity index (χ1v) is 5.90. The van der Waals surface area contributed by atoms with Gasteiger partial charge in [-0.05, 0) is 12.1 Å². The van der Waals surface area contributed by atoms with Gasteiger partial charge in [0, 0.05) is 20.0 Å². The van der Waals surface area contributed by atoms with Crippen molar-refractivity contribution in [3.63, 3.8) is 0 Å². The Morgan fingerprint density at radius 3 is 2.89 bits per heavy atom. The Morgan fingerprint density at radius 1 is 1.50 bits per heavy atom. The van der Waals surface area contributed by atoms with Gasteiger partial charge in [0.1, 0.15) is 6.54 Å². The molecule has 5 nitrogen and oxygen atoms in total. The number of hydrogen-bond acceptors (Lipinski definition) is 3. The van der Waals surface area contributed by atoms with Crippen LogP contribution in [0, 0.1) is 0 Å². The number of benzene rings is 1. The molecule has 0 bridgehead atoms. The highest BCUT2D eigenvalue weighted by atomic mass is 35.5. The van der Waals surface area contributed by atoms with Crippen molar-refractivity contribution in [1.29, 1.82) is 0 Å². The van der Waals surface area contributed by atoms with Gasteiger partial charge in [-0.15, -0.1) is 0 Å². The lowest BCUT2D eigenvalue weighted by molar-refractivity contribution is -0.136. The van der Waals surface area contributed by atoms with E-state index in [4.69, 9.17) is 16.7 Å². The number of carbonyl (C=O) groups excluding carboxylic acids is 1. The van der Waals surface area contributed by atoms with Gasteiger partial charge < -0.3 is 10.0 Å². The van der Waals surface area contributed by atoms with Crippen molar-refractivity contribution in [3.8, 4) is 0 Å². The number of amides is 1. The third-order valence-electron chi connectivity index (χ3n) is 2.90.